The number of hydrogen-bond acceptors (Lipinski definition) is 5. The summed E-state index contributed by atoms with van der Waals surface area (Å²) < 4.78 is 47.7. The van der Waals surface area contributed by atoms with Gasteiger partial charge in [0.05, 0.1) is 36.1 Å². The van der Waals surface area contributed by atoms with Crippen LogP contribution in [-0.4, -0.2) is 51.3 Å². The van der Waals surface area contributed by atoms with Gasteiger partial charge >= 0.3 is 6.18 Å². The highest BCUT2D eigenvalue weighted by atomic mass is 19.4. The average Bonchev–Trinajstić information content (AvgIpc) is 3.57. The van der Waals surface area contributed by atoms with Gasteiger partial charge in [0.15, 0.2) is 0 Å². The molecule has 3 saturated carbocycles. The molecule has 0 radical (unpaired) electrons. The second-order valence-corrected chi connectivity index (χ2v) is 9.57. The number of halogens is 3. The summed E-state index contributed by atoms with van der Waals surface area (Å²) in [6.07, 6.45) is 2.15. The first-order chi connectivity index (χ1) is 14.4. The van der Waals surface area contributed by atoms with E-state index in [1.807, 2.05) is 6.20 Å². The van der Waals surface area contributed by atoms with Crippen molar-refractivity contribution in [3.05, 3.63) is 29.8 Å². The number of pyridine rings is 1. The number of aromatic nitrogens is 3. The molecule has 1 unspecified atom stereocenters. The Morgan fingerprint density at radius 3 is 2.70 bits per heavy atom. The smallest absolute Gasteiger partial charge is 0.383 e. The molecule has 3 saturated heterocycles. The van der Waals surface area contributed by atoms with Crippen molar-refractivity contribution in [1.29, 1.82) is 0 Å². The van der Waals surface area contributed by atoms with Crippen LogP contribution in [0, 0.1) is 17.8 Å². The molecule has 8 rings (SSSR count). The number of rotatable bonds is 5. The van der Waals surface area contributed by atoms with E-state index < -0.39 is 17.6 Å². The van der Waals surface area contributed by atoms with Crippen LogP contribution < -0.4 is 5.73 Å². The lowest BCUT2D eigenvalue weighted by molar-refractivity contribution is -0.137. The maximum atomic E-state index is 13.3. The third kappa shape index (κ3) is 2.17. The lowest BCUT2D eigenvalue weighted by atomic mass is 10.1. The van der Waals surface area contributed by atoms with Crippen molar-refractivity contribution in [3.8, 4) is 11.3 Å². The maximum Gasteiger partial charge on any atom is 0.419 e. The Morgan fingerprint density at radius 2 is 2.07 bits per heavy atom. The molecule has 5 heterocycles. The number of nitrogens with zero attached hydrogens (tertiary/aromatic N) is 4. The molecule has 6 aliphatic rings. The molecule has 9 heteroatoms. The Bertz CT molecular complexity index is 1050. The van der Waals surface area contributed by atoms with Crippen molar-refractivity contribution >= 4 is 5.82 Å². The zero-order chi connectivity index (χ0) is 20.4. The predicted octanol–water partition coefficient (Wildman–Crippen LogP) is 2.54. The van der Waals surface area contributed by atoms with E-state index >= 15 is 0 Å². The number of alkyl halides is 3. The summed E-state index contributed by atoms with van der Waals surface area (Å²) >= 11 is 0. The monoisotopic (exact) mass is 417 g/mol. The number of hydrogen-bond donors (Lipinski definition) is 1. The number of anilines is 1. The van der Waals surface area contributed by atoms with Gasteiger partial charge in [-0.2, -0.15) is 13.2 Å². The van der Waals surface area contributed by atoms with Crippen LogP contribution in [0.1, 0.15) is 24.2 Å². The Morgan fingerprint density at radius 1 is 1.27 bits per heavy atom. The van der Waals surface area contributed by atoms with Crippen LogP contribution in [0.5, 0.6) is 0 Å². The Balaban J connectivity index is 1.26. The molecular weight excluding hydrogens is 395 g/mol. The molecule has 3 aliphatic carbocycles. The third-order valence-electron chi connectivity index (χ3n) is 7.90. The third-order valence-corrected chi connectivity index (χ3v) is 7.90. The molecule has 0 aromatic carbocycles. The lowest BCUT2D eigenvalue weighted by Crippen LogP contribution is -2.48. The summed E-state index contributed by atoms with van der Waals surface area (Å²) in [6, 6.07) is 2.14. The molecule has 6 fully saturated rings. The minimum Gasteiger partial charge on any atom is -0.383 e. The fraction of sp³-hybridized carbons (Fsp3) is 0.619. The number of nitrogens with two attached hydrogens (primary N) is 1. The fourth-order valence-electron chi connectivity index (χ4n) is 6.02. The lowest BCUT2D eigenvalue weighted by Gasteiger charge is -2.34. The first-order valence-corrected chi connectivity index (χ1v) is 10.6. The van der Waals surface area contributed by atoms with Crippen LogP contribution in [0.25, 0.3) is 11.3 Å². The first kappa shape index (κ1) is 17.5. The number of ether oxygens (including phenoxy) is 1. The second-order valence-electron chi connectivity index (χ2n) is 9.57. The van der Waals surface area contributed by atoms with Crippen LogP contribution >= 0.6 is 0 Å². The minimum absolute atomic E-state index is 0.110. The molecule has 3 aliphatic heterocycles. The molecule has 0 amide bonds. The summed E-state index contributed by atoms with van der Waals surface area (Å²) in [5, 5.41) is 0. The summed E-state index contributed by atoms with van der Waals surface area (Å²) in [7, 11) is 0. The van der Waals surface area contributed by atoms with Gasteiger partial charge in [-0.3, -0.25) is 4.90 Å². The second kappa shape index (κ2) is 5.37. The van der Waals surface area contributed by atoms with E-state index in [2.05, 4.69) is 14.5 Å². The molecule has 6 nitrogen and oxygen atoms in total. The van der Waals surface area contributed by atoms with E-state index in [0.717, 1.165) is 38.1 Å². The van der Waals surface area contributed by atoms with E-state index in [1.54, 1.807) is 0 Å². The van der Waals surface area contributed by atoms with Crippen molar-refractivity contribution in [2.75, 3.05) is 25.5 Å². The van der Waals surface area contributed by atoms with Crippen molar-refractivity contribution in [2.24, 2.45) is 17.8 Å². The van der Waals surface area contributed by atoms with Gasteiger partial charge in [-0.05, 0) is 24.8 Å². The highest BCUT2D eigenvalue weighted by Crippen LogP contribution is 2.84. The van der Waals surface area contributed by atoms with Crippen molar-refractivity contribution < 1.29 is 17.9 Å². The zero-order valence-corrected chi connectivity index (χ0v) is 16.3. The van der Waals surface area contributed by atoms with Crippen LogP contribution in [0.3, 0.4) is 0 Å². The highest BCUT2D eigenvalue weighted by Gasteiger charge is 2.94. The van der Waals surface area contributed by atoms with Crippen LogP contribution in [-0.2, 0) is 22.9 Å². The van der Waals surface area contributed by atoms with Gasteiger partial charge in [0, 0.05) is 48.8 Å². The fourth-order valence-corrected chi connectivity index (χ4v) is 6.02. The average molecular weight is 417 g/mol. The highest BCUT2D eigenvalue weighted by molar-refractivity contribution is 5.63. The maximum absolute atomic E-state index is 13.3. The van der Waals surface area contributed by atoms with Gasteiger partial charge in [-0.25, -0.2) is 9.97 Å². The number of nitrogen functional groups attached to an aromatic ring is 1. The van der Waals surface area contributed by atoms with E-state index in [4.69, 9.17) is 15.5 Å². The Hall–Kier alpha value is -2.13. The minimum atomic E-state index is -4.53. The number of fused-ring (bicyclic) bond motifs is 1. The molecule has 0 spiro atoms. The van der Waals surface area contributed by atoms with Gasteiger partial charge in [-0.1, -0.05) is 0 Å². The van der Waals surface area contributed by atoms with Crippen molar-refractivity contribution in [1.82, 2.24) is 19.4 Å². The molecular formula is C21H22F3N5O. The summed E-state index contributed by atoms with van der Waals surface area (Å²) in [6.45, 7) is 2.72. The molecule has 2 N–H and O–H groups in total. The van der Waals surface area contributed by atoms with Crippen LogP contribution in [0.15, 0.2) is 18.5 Å². The summed E-state index contributed by atoms with van der Waals surface area (Å²) in [5.74, 6) is 2.46. The largest absolute Gasteiger partial charge is 0.419 e. The summed E-state index contributed by atoms with van der Waals surface area (Å²) in [4.78, 5) is 11.2. The first-order valence-electron chi connectivity index (χ1n) is 10.6. The SMILES string of the molecule is Nc1ncc(-c2cn([C@]34C5[C@@H]3[C@@H]4CN5C3COC3)c(CC3CC3)n2)cc1C(F)(F)F. The molecule has 2 bridgehead atoms. The van der Waals surface area contributed by atoms with Gasteiger partial charge in [0.1, 0.15) is 11.6 Å². The quantitative estimate of drug-likeness (QED) is 0.810. The summed E-state index contributed by atoms with van der Waals surface area (Å²) in [5.41, 5.74) is 5.63. The van der Waals surface area contributed by atoms with Crippen molar-refractivity contribution in [3.63, 3.8) is 0 Å². The standard InChI is InChI=1S/C21H22F3N5O/c22-21(23,24)13-4-11(5-26-19(13)25)15-7-29(16(27-15)3-10-1-2-10)20-14-6-28(12-8-30-9-12)18(20)17(14)20/h4-5,7,10,12,14,17-18H,1-3,6,8-9H2,(H2,25,26)/t14-,17-,18?,20-/m0/s1. The van der Waals surface area contributed by atoms with Gasteiger partial charge in [-0.15, -0.1) is 0 Å². The number of imidazole rings is 1. The van der Waals surface area contributed by atoms with Crippen molar-refractivity contribution in [2.45, 2.75) is 43.1 Å². The number of piperidine rings is 1. The molecule has 158 valence electrons. The Labute approximate surface area is 171 Å². The molecule has 2 aromatic heterocycles. The molecule has 30 heavy (non-hydrogen) atoms. The van der Waals surface area contributed by atoms with E-state index in [0.29, 0.717) is 41.1 Å². The Kier molecular flexibility index (Phi) is 3.14. The molecule has 2 aromatic rings. The topological polar surface area (TPSA) is 69.2 Å². The van der Waals surface area contributed by atoms with E-state index in [9.17, 15) is 13.2 Å². The van der Waals surface area contributed by atoms with E-state index in [-0.39, 0.29) is 5.54 Å². The zero-order valence-electron chi connectivity index (χ0n) is 16.3. The predicted molar refractivity (Wildman–Crippen MR) is 101 cm³/mol. The van der Waals surface area contributed by atoms with E-state index in [1.165, 1.54) is 19.0 Å². The molecule has 4 atom stereocenters. The van der Waals surface area contributed by atoms with Crippen LogP contribution in [0.2, 0.25) is 0 Å². The van der Waals surface area contributed by atoms with Gasteiger partial charge in [0.25, 0.3) is 0 Å². The van der Waals surface area contributed by atoms with Crippen LogP contribution in [0.4, 0.5) is 19.0 Å². The van der Waals surface area contributed by atoms with Gasteiger partial charge in [0.2, 0.25) is 0 Å². The van der Waals surface area contributed by atoms with Gasteiger partial charge < -0.3 is 15.0 Å². The normalized spacial score (nSPS) is 34.7.